The molecule has 0 aromatic heterocycles. The molecule has 6 nitrogen and oxygen atoms in total. The van der Waals surface area contributed by atoms with Gasteiger partial charge in [0, 0.05) is 25.2 Å². The zero-order chi connectivity index (χ0) is 19.7. The van der Waals surface area contributed by atoms with Crippen LogP contribution in [-0.2, 0) is 22.4 Å². The lowest BCUT2D eigenvalue weighted by Crippen LogP contribution is -2.40. The first kappa shape index (κ1) is 18.3. The van der Waals surface area contributed by atoms with E-state index in [-0.39, 0.29) is 18.2 Å². The number of hydrogen-bond acceptors (Lipinski definition) is 4. The molecule has 0 fully saturated rings. The van der Waals surface area contributed by atoms with Crippen LogP contribution in [0.3, 0.4) is 0 Å². The van der Waals surface area contributed by atoms with Crippen LogP contribution in [0.25, 0.3) is 0 Å². The summed E-state index contributed by atoms with van der Waals surface area (Å²) in [5, 5.41) is 2.86. The maximum atomic E-state index is 13.4. The summed E-state index contributed by atoms with van der Waals surface area (Å²) in [5.41, 5.74) is 3.99. The molecule has 1 atom stereocenters. The number of hydrogen-bond donors (Lipinski definition) is 1. The van der Waals surface area contributed by atoms with Gasteiger partial charge in [-0.3, -0.25) is 9.59 Å². The molecule has 2 amide bonds. The minimum atomic E-state index is -0.477. The number of rotatable bonds is 3. The lowest BCUT2D eigenvalue weighted by molar-refractivity contribution is -0.134. The quantitative estimate of drug-likeness (QED) is 0.889. The van der Waals surface area contributed by atoms with Gasteiger partial charge in [0.1, 0.15) is 11.5 Å². The molecule has 0 aliphatic carbocycles. The second-order valence-corrected chi connectivity index (χ2v) is 7.22. The van der Waals surface area contributed by atoms with Gasteiger partial charge in [-0.2, -0.15) is 0 Å². The molecule has 0 saturated heterocycles. The van der Waals surface area contributed by atoms with E-state index in [1.807, 2.05) is 17.0 Å². The molecule has 2 aliphatic heterocycles. The van der Waals surface area contributed by atoms with Crippen molar-refractivity contribution >= 4 is 17.5 Å². The van der Waals surface area contributed by atoms with Crippen molar-refractivity contribution in [2.24, 2.45) is 0 Å². The Morgan fingerprint density at radius 2 is 1.68 bits per heavy atom. The van der Waals surface area contributed by atoms with Gasteiger partial charge in [0.15, 0.2) is 0 Å². The van der Waals surface area contributed by atoms with Crippen LogP contribution in [-0.4, -0.2) is 44.0 Å². The zero-order valence-corrected chi connectivity index (χ0v) is 16.2. The fourth-order valence-corrected chi connectivity index (χ4v) is 4.06. The van der Waals surface area contributed by atoms with E-state index < -0.39 is 5.92 Å². The molecule has 146 valence electrons. The largest absolute Gasteiger partial charge is 0.497 e. The number of fused-ring (bicyclic) bond motifs is 2. The molecular weight excluding hydrogens is 356 g/mol. The molecule has 6 heteroatoms. The van der Waals surface area contributed by atoms with Crippen molar-refractivity contribution in [3.05, 3.63) is 53.1 Å². The summed E-state index contributed by atoms with van der Waals surface area (Å²) in [4.78, 5) is 27.4. The summed E-state index contributed by atoms with van der Waals surface area (Å²) in [6.45, 7) is 1.28. The highest BCUT2D eigenvalue weighted by molar-refractivity contribution is 6.01. The van der Waals surface area contributed by atoms with E-state index in [4.69, 9.17) is 9.47 Å². The Labute approximate surface area is 164 Å². The van der Waals surface area contributed by atoms with Gasteiger partial charge in [0.05, 0.1) is 20.1 Å². The van der Waals surface area contributed by atoms with Crippen molar-refractivity contribution in [2.75, 3.05) is 32.6 Å². The first-order valence-electron chi connectivity index (χ1n) is 9.51. The van der Waals surface area contributed by atoms with Crippen LogP contribution in [0.4, 0.5) is 5.69 Å². The first-order chi connectivity index (χ1) is 13.6. The number of carbonyl (C=O) groups is 2. The second kappa shape index (κ2) is 7.54. The van der Waals surface area contributed by atoms with Crippen LogP contribution in [0, 0.1) is 0 Å². The minimum Gasteiger partial charge on any atom is -0.497 e. The molecule has 28 heavy (non-hydrogen) atoms. The highest BCUT2D eigenvalue weighted by Crippen LogP contribution is 2.36. The topological polar surface area (TPSA) is 67.9 Å². The Balaban J connectivity index is 1.58. The molecule has 2 aliphatic rings. The average molecular weight is 380 g/mol. The van der Waals surface area contributed by atoms with Gasteiger partial charge in [0.25, 0.3) is 0 Å². The molecular formula is C22H24N2O4. The number of carbonyl (C=O) groups excluding carboxylic acids is 2. The third kappa shape index (κ3) is 3.42. The van der Waals surface area contributed by atoms with Crippen LogP contribution in [0.1, 0.15) is 29.0 Å². The van der Waals surface area contributed by atoms with Crippen molar-refractivity contribution in [1.29, 1.82) is 0 Å². The molecule has 4 rings (SSSR count). The van der Waals surface area contributed by atoms with E-state index in [9.17, 15) is 9.59 Å². The third-order valence-corrected chi connectivity index (χ3v) is 5.62. The Bertz CT molecular complexity index is 925. The molecule has 0 radical (unpaired) electrons. The summed E-state index contributed by atoms with van der Waals surface area (Å²) >= 11 is 0. The van der Waals surface area contributed by atoms with E-state index in [2.05, 4.69) is 17.4 Å². The number of nitrogens with one attached hydrogen (secondary N) is 1. The lowest BCUT2D eigenvalue weighted by atomic mass is 9.89. The number of benzene rings is 2. The molecule has 2 aromatic carbocycles. The second-order valence-electron chi connectivity index (χ2n) is 7.22. The Morgan fingerprint density at radius 3 is 2.43 bits per heavy atom. The van der Waals surface area contributed by atoms with Crippen molar-refractivity contribution in [1.82, 2.24) is 4.90 Å². The van der Waals surface area contributed by atoms with E-state index in [0.717, 1.165) is 24.2 Å². The maximum Gasteiger partial charge on any atom is 0.230 e. The number of nitrogens with zero attached hydrogens (tertiary/aromatic N) is 1. The van der Waals surface area contributed by atoms with Gasteiger partial charge >= 0.3 is 0 Å². The first-order valence-corrected chi connectivity index (χ1v) is 9.51. The van der Waals surface area contributed by atoms with Crippen LogP contribution in [0.5, 0.6) is 11.5 Å². The fraction of sp³-hybridized carbons (Fsp3) is 0.364. The molecule has 0 saturated carbocycles. The highest BCUT2D eigenvalue weighted by Gasteiger charge is 2.34. The van der Waals surface area contributed by atoms with Gasteiger partial charge in [0.2, 0.25) is 11.8 Å². The number of amides is 2. The molecule has 2 heterocycles. The minimum absolute atomic E-state index is 0.00382. The predicted molar refractivity (Wildman–Crippen MR) is 106 cm³/mol. The molecule has 0 unspecified atom stereocenters. The number of methoxy groups -OCH3 is 2. The Morgan fingerprint density at radius 1 is 1.00 bits per heavy atom. The van der Waals surface area contributed by atoms with E-state index in [1.54, 1.807) is 26.4 Å². The van der Waals surface area contributed by atoms with Gasteiger partial charge in [-0.25, -0.2) is 0 Å². The van der Waals surface area contributed by atoms with Gasteiger partial charge in [-0.15, -0.1) is 0 Å². The third-order valence-electron chi connectivity index (χ3n) is 5.62. The predicted octanol–water partition coefficient (Wildman–Crippen LogP) is 2.76. The molecule has 0 spiro atoms. The maximum absolute atomic E-state index is 13.4. The highest BCUT2D eigenvalue weighted by atomic mass is 16.5. The smallest absolute Gasteiger partial charge is 0.230 e. The Hall–Kier alpha value is -3.02. The van der Waals surface area contributed by atoms with E-state index >= 15 is 0 Å². The summed E-state index contributed by atoms with van der Waals surface area (Å²) in [6.07, 6.45) is 1.74. The van der Waals surface area contributed by atoms with Gasteiger partial charge in [-0.05, 0) is 59.9 Å². The van der Waals surface area contributed by atoms with Crippen molar-refractivity contribution in [3.8, 4) is 11.5 Å². The van der Waals surface area contributed by atoms with E-state index in [1.165, 1.54) is 11.1 Å². The fourth-order valence-electron chi connectivity index (χ4n) is 4.06. The SMILES string of the molecule is COc1ccc2c(c1)CCN(C(=O)[C@H]1CC(=O)Nc3ccc(OC)cc31)CC2. The number of anilines is 1. The summed E-state index contributed by atoms with van der Waals surface area (Å²) < 4.78 is 10.6. The summed E-state index contributed by atoms with van der Waals surface area (Å²) in [5.74, 6) is 0.921. The lowest BCUT2D eigenvalue weighted by Gasteiger charge is -2.30. The van der Waals surface area contributed by atoms with Crippen LogP contribution < -0.4 is 14.8 Å². The molecule has 1 N–H and O–H groups in total. The standard InChI is InChI=1S/C22H24N2O4/c1-27-16-4-3-14-7-9-24(10-8-15(14)11-16)22(26)19-13-21(25)23-20-6-5-17(28-2)12-18(19)20/h3-6,11-12,19H,7-10,13H2,1-2H3,(H,23,25)/t19-/m0/s1. The Kier molecular flexibility index (Phi) is 4.94. The monoisotopic (exact) mass is 380 g/mol. The van der Waals surface area contributed by atoms with E-state index in [0.29, 0.717) is 24.5 Å². The van der Waals surface area contributed by atoms with Crippen LogP contribution >= 0.6 is 0 Å². The molecule has 0 bridgehead atoms. The number of ether oxygens (including phenoxy) is 2. The summed E-state index contributed by atoms with van der Waals surface area (Å²) in [7, 11) is 3.26. The van der Waals surface area contributed by atoms with Crippen molar-refractivity contribution in [3.63, 3.8) is 0 Å². The van der Waals surface area contributed by atoms with Gasteiger partial charge < -0.3 is 19.7 Å². The average Bonchev–Trinajstić information content (AvgIpc) is 2.94. The van der Waals surface area contributed by atoms with Gasteiger partial charge in [-0.1, -0.05) is 6.07 Å². The van der Waals surface area contributed by atoms with Crippen LogP contribution in [0.15, 0.2) is 36.4 Å². The zero-order valence-electron chi connectivity index (χ0n) is 16.2. The van der Waals surface area contributed by atoms with Crippen LogP contribution in [0.2, 0.25) is 0 Å². The molecule has 2 aromatic rings. The van der Waals surface area contributed by atoms with Crippen molar-refractivity contribution in [2.45, 2.75) is 25.2 Å². The normalized spacial score (nSPS) is 18.4. The van der Waals surface area contributed by atoms with Crippen molar-refractivity contribution < 1.29 is 19.1 Å². The summed E-state index contributed by atoms with van der Waals surface area (Å²) in [6, 6.07) is 11.5.